The topological polar surface area (TPSA) is 26.3 Å². The summed E-state index contributed by atoms with van der Waals surface area (Å²) in [6, 6.07) is 19.1. The summed E-state index contributed by atoms with van der Waals surface area (Å²) in [4.78, 5) is 11.7. The molecule has 0 aliphatic heterocycles. The van der Waals surface area contributed by atoms with Crippen molar-refractivity contribution < 1.29 is 9.53 Å². The molecular weight excluding hydrogens is 200 g/mol. The van der Waals surface area contributed by atoms with Crippen LogP contribution in [-0.2, 0) is 0 Å². The fraction of sp³-hybridized carbons (Fsp3) is 0.0714. The van der Waals surface area contributed by atoms with E-state index in [0.29, 0.717) is 11.3 Å². The molecule has 2 rings (SSSR count). The van der Waals surface area contributed by atoms with Crippen LogP contribution >= 0.6 is 0 Å². The van der Waals surface area contributed by atoms with Crippen molar-refractivity contribution >= 4 is 5.78 Å². The molecule has 0 unspecified atom stereocenters. The quantitative estimate of drug-likeness (QED) is 0.727. The van der Waals surface area contributed by atoms with Crippen LogP contribution in [0.25, 0.3) is 0 Å². The Labute approximate surface area is 94.5 Å². The number of carbonyl (C=O) groups excluding carboxylic acids is 1. The Morgan fingerprint density at radius 2 is 1.75 bits per heavy atom. The molecule has 0 aliphatic carbocycles. The lowest BCUT2D eigenvalue weighted by Crippen LogP contribution is -2.11. The van der Waals surface area contributed by atoms with Gasteiger partial charge in [-0.15, -0.1) is 0 Å². The lowest BCUT2D eigenvalue weighted by atomic mass is 10.1. The Bertz CT molecular complexity index is 449. The van der Waals surface area contributed by atoms with Crippen molar-refractivity contribution in [2.45, 2.75) is 0 Å². The van der Waals surface area contributed by atoms with Crippen molar-refractivity contribution in [3.8, 4) is 5.75 Å². The summed E-state index contributed by atoms with van der Waals surface area (Å²) in [6.07, 6.45) is 0. The predicted molar refractivity (Wildman–Crippen MR) is 61.5 cm³/mol. The molecule has 0 heterocycles. The van der Waals surface area contributed by atoms with E-state index in [1.807, 2.05) is 18.2 Å². The third-order valence-electron chi connectivity index (χ3n) is 2.15. The molecule has 79 valence electrons. The predicted octanol–water partition coefficient (Wildman–Crippen LogP) is 2.75. The fourth-order valence-electron chi connectivity index (χ4n) is 1.32. The van der Waals surface area contributed by atoms with Gasteiger partial charge < -0.3 is 4.74 Å². The lowest BCUT2D eigenvalue weighted by Gasteiger charge is -2.04. The molecule has 2 nitrogen and oxygen atoms in total. The van der Waals surface area contributed by atoms with Crippen molar-refractivity contribution in [2.24, 2.45) is 0 Å². The van der Waals surface area contributed by atoms with Crippen LogP contribution in [0.5, 0.6) is 5.75 Å². The highest BCUT2D eigenvalue weighted by molar-refractivity contribution is 5.97. The van der Waals surface area contributed by atoms with Gasteiger partial charge in [0.05, 0.1) is 0 Å². The normalized spacial score (nSPS) is 9.75. The summed E-state index contributed by atoms with van der Waals surface area (Å²) in [5.74, 6) is 0.663. The van der Waals surface area contributed by atoms with Crippen molar-refractivity contribution in [1.29, 1.82) is 0 Å². The first-order valence-corrected chi connectivity index (χ1v) is 5.03. The molecule has 16 heavy (non-hydrogen) atoms. The lowest BCUT2D eigenvalue weighted by molar-refractivity contribution is 0.0921. The second-order valence-electron chi connectivity index (χ2n) is 3.31. The number of benzene rings is 2. The first-order valence-electron chi connectivity index (χ1n) is 5.03. The zero-order valence-electron chi connectivity index (χ0n) is 8.72. The number of hydrogen-bond acceptors (Lipinski definition) is 2. The van der Waals surface area contributed by atoms with Gasteiger partial charge in [0.2, 0.25) is 0 Å². The second kappa shape index (κ2) is 5.12. The van der Waals surface area contributed by atoms with E-state index < -0.39 is 0 Å². The van der Waals surface area contributed by atoms with E-state index in [-0.39, 0.29) is 12.4 Å². The summed E-state index contributed by atoms with van der Waals surface area (Å²) < 4.78 is 5.35. The largest absolute Gasteiger partial charge is 0.485 e. The maximum atomic E-state index is 11.7. The van der Waals surface area contributed by atoms with Crippen LogP contribution in [0.15, 0.2) is 54.6 Å². The number of ketones is 1. The first-order chi connectivity index (χ1) is 7.86. The molecule has 2 heteroatoms. The van der Waals surface area contributed by atoms with Crippen molar-refractivity contribution in [2.75, 3.05) is 6.61 Å². The Kier molecular flexibility index (Phi) is 3.34. The van der Waals surface area contributed by atoms with Crippen LogP contribution in [0.3, 0.4) is 0 Å². The van der Waals surface area contributed by atoms with Crippen molar-refractivity contribution in [1.82, 2.24) is 0 Å². The van der Waals surface area contributed by atoms with Crippen LogP contribution in [0.1, 0.15) is 10.4 Å². The molecule has 0 bridgehead atoms. The van der Waals surface area contributed by atoms with E-state index >= 15 is 0 Å². The SMILES string of the molecule is O=C(COc1cc[c]cc1)c1ccccc1. The van der Waals surface area contributed by atoms with E-state index in [4.69, 9.17) is 4.74 Å². The zero-order valence-corrected chi connectivity index (χ0v) is 8.72. The summed E-state index contributed by atoms with van der Waals surface area (Å²) in [5, 5.41) is 0. The molecule has 0 aromatic heterocycles. The monoisotopic (exact) mass is 211 g/mol. The van der Waals surface area contributed by atoms with Gasteiger partial charge in [-0.05, 0) is 18.2 Å². The molecule has 0 amide bonds. The molecule has 0 atom stereocenters. The Morgan fingerprint density at radius 1 is 1.06 bits per heavy atom. The average molecular weight is 211 g/mol. The minimum absolute atomic E-state index is 0.0200. The van der Waals surface area contributed by atoms with Gasteiger partial charge in [0.15, 0.2) is 12.4 Å². The van der Waals surface area contributed by atoms with E-state index in [1.165, 1.54) is 0 Å². The number of carbonyl (C=O) groups is 1. The first kappa shape index (κ1) is 10.4. The van der Waals surface area contributed by atoms with Gasteiger partial charge in [-0.3, -0.25) is 4.79 Å². The van der Waals surface area contributed by atoms with Crippen LogP contribution in [0.4, 0.5) is 0 Å². The van der Waals surface area contributed by atoms with Gasteiger partial charge in [-0.25, -0.2) is 0 Å². The third kappa shape index (κ3) is 2.70. The molecule has 1 radical (unpaired) electrons. The van der Waals surface area contributed by atoms with Gasteiger partial charge in [0.25, 0.3) is 0 Å². The van der Waals surface area contributed by atoms with Crippen LogP contribution in [-0.4, -0.2) is 12.4 Å². The Morgan fingerprint density at radius 3 is 2.44 bits per heavy atom. The van der Waals surface area contributed by atoms with E-state index in [2.05, 4.69) is 6.07 Å². The van der Waals surface area contributed by atoms with Crippen LogP contribution in [0.2, 0.25) is 0 Å². The van der Waals surface area contributed by atoms with Crippen LogP contribution < -0.4 is 4.74 Å². The average Bonchev–Trinajstić information content (AvgIpc) is 2.38. The number of rotatable bonds is 4. The standard InChI is InChI=1S/C14H11O2/c15-14(12-7-3-1-4-8-12)11-16-13-9-5-2-6-10-13/h1,3-10H,11H2. The molecule has 0 saturated carbocycles. The highest BCUT2D eigenvalue weighted by Crippen LogP contribution is 2.09. The summed E-state index contributed by atoms with van der Waals surface area (Å²) >= 11 is 0. The molecular formula is C14H11O2. The maximum absolute atomic E-state index is 11.7. The van der Waals surface area contributed by atoms with Crippen LogP contribution in [0, 0.1) is 6.07 Å². The maximum Gasteiger partial charge on any atom is 0.200 e. The molecule has 2 aromatic carbocycles. The smallest absolute Gasteiger partial charge is 0.200 e. The summed E-state index contributed by atoms with van der Waals surface area (Å²) in [7, 11) is 0. The van der Waals surface area contributed by atoms with E-state index in [0.717, 1.165) is 0 Å². The van der Waals surface area contributed by atoms with Gasteiger partial charge >= 0.3 is 0 Å². The second-order valence-corrected chi connectivity index (χ2v) is 3.31. The highest BCUT2D eigenvalue weighted by Gasteiger charge is 2.05. The van der Waals surface area contributed by atoms with Gasteiger partial charge in [-0.2, -0.15) is 0 Å². The highest BCUT2D eigenvalue weighted by atomic mass is 16.5. The van der Waals surface area contributed by atoms with Crippen molar-refractivity contribution in [3.05, 3.63) is 66.2 Å². The summed E-state index contributed by atoms with van der Waals surface area (Å²) in [5.41, 5.74) is 0.671. The molecule has 0 spiro atoms. The number of Topliss-reactive ketones (excluding diaryl/α,β-unsaturated/α-hetero) is 1. The molecule has 0 N–H and O–H groups in total. The molecule has 0 saturated heterocycles. The molecule has 0 aliphatic rings. The van der Waals surface area contributed by atoms with E-state index in [9.17, 15) is 4.79 Å². The minimum Gasteiger partial charge on any atom is -0.485 e. The van der Waals surface area contributed by atoms with Gasteiger partial charge in [0, 0.05) is 5.56 Å². The van der Waals surface area contributed by atoms with Gasteiger partial charge in [0.1, 0.15) is 5.75 Å². The Balaban J connectivity index is 1.95. The molecule has 2 aromatic rings. The summed E-state index contributed by atoms with van der Waals surface area (Å²) in [6.45, 7) is 0.0635. The number of hydrogen-bond donors (Lipinski definition) is 0. The van der Waals surface area contributed by atoms with Crippen molar-refractivity contribution in [3.63, 3.8) is 0 Å². The Hall–Kier alpha value is -2.09. The third-order valence-corrected chi connectivity index (χ3v) is 2.15. The fourth-order valence-corrected chi connectivity index (χ4v) is 1.32. The van der Waals surface area contributed by atoms with Gasteiger partial charge in [-0.1, -0.05) is 42.5 Å². The molecule has 0 fully saturated rings. The minimum atomic E-state index is -0.0200. The zero-order chi connectivity index (χ0) is 11.2. The van der Waals surface area contributed by atoms with E-state index in [1.54, 1.807) is 36.4 Å². The number of ether oxygens (including phenoxy) is 1.